The molecule has 0 aliphatic heterocycles. The Morgan fingerprint density at radius 2 is 1.58 bits per heavy atom. The lowest BCUT2D eigenvalue weighted by Crippen LogP contribution is -2.66. The van der Waals surface area contributed by atoms with Crippen molar-refractivity contribution < 1.29 is 10.2 Å². The Balaban J connectivity index is 1.60. The van der Waals surface area contributed by atoms with Gasteiger partial charge < -0.3 is 10.2 Å². The topological polar surface area (TPSA) is 40.5 Å². The van der Waals surface area contributed by atoms with E-state index in [0.29, 0.717) is 22.7 Å². The molecule has 0 aromatic carbocycles. The number of fused-ring (bicyclic) bond motifs is 7. The normalized spacial score (nSPS) is 58.3. The Morgan fingerprint density at radius 1 is 0.871 bits per heavy atom. The molecule has 2 heteroatoms. The van der Waals surface area contributed by atoms with Gasteiger partial charge in [0, 0.05) is 0 Å². The Hall–Kier alpha value is -0.340. The van der Waals surface area contributed by atoms with E-state index in [0.717, 1.165) is 18.3 Å². The lowest BCUT2D eigenvalue weighted by atomic mass is 9.33. The minimum absolute atomic E-state index is 0.0963. The lowest BCUT2D eigenvalue weighted by Gasteiger charge is -2.71. The zero-order valence-corrected chi connectivity index (χ0v) is 21.3. The molecule has 0 aromatic rings. The number of allylic oxidation sites excluding steroid dienone is 2. The zero-order valence-electron chi connectivity index (χ0n) is 21.3. The molecule has 10 atom stereocenters. The van der Waals surface area contributed by atoms with E-state index in [4.69, 9.17) is 0 Å². The largest absolute Gasteiger partial charge is 0.390 e. The molecule has 0 spiro atoms. The van der Waals surface area contributed by atoms with Crippen molar-refractivity contribution >= 4 is 0 Å². The third kappa shape index (κ3) is 2.64. The van der Waals surface area contributed by atoms with Crippen LogP contribution < -0.4 is 0 Å². The monoisotopic (exact) mass is 428 g/mol. The first-order valence-electron chi connectivity index (χ1n) is 13.4. The third-order valence-electron chi connectivity index (χ3n) is 12.7. The van der Waals surface area contributed by atoms with Gasteiger partial charge in [0.2, 0.25) is 0 Å². The lowest BCUT2D eigenvalue weighted by molar-refractivity contribution is -0.231. The van der Waals surface area contributed by atoms with Crippen LogP contribution in [0.2, 0.25) is 0 Å². The second-order valence-electron chi connectivity index (χ2n) is 14.3. The van der Waals surface area contributed by atoms with Crippen LogP contribution in [0.3, 0.4) is 0 Å². The standard InChI is InChI=1S/C29H48O2/c1-18-9-8-13-26(4)15-16-28(6)19(23(18)26)10-11-22-27(5)17-20(30)24(31)25(2,3)21(27)12-14-29(22,28)7/h10,18,20-24,30-31H,8-9,11-17H2,1-7H3. The predicted molar refractivity (Wildman–Crippen MR) is 127 cm³/mol. The van der Waals surface area contributed by atoms with E-state index in [1.165, 1.54) is 51.4 Å². The smallest absolute Gasteiger partial charge is 0.0852 e. The summed E-state index contributed by atoms with van der Waals surface area (Å²) in [6, 6.07) is 0. The van der Waals surface area contributed by atoms with Crippen molar-refractivity contribution in [3.63, 3.8) is 0 Å². The summed E-state index contributed by atoms with van der Waals surface area (Å²) >= 11 is 0. The van der Waals surface area contributed by atoms with E-state index in [2.05, 4.69) is 54.5 Å². The van der Waals surface area contributed by atoms with E-state index < -0.39 is 12.2 Å². The van der Waals surface area contributed by atoms with Gasteiger partial charge in [0.1, 0.15) is 0 Å². The highest BCUT2D eigenvalue weighted by Crippen LogP contribution is 2.75. The third-order valence-corrected chi connectivity index (χ3v) is 12.7. The van der Waals surface area contributed by atoms with E-state index in [1.54, 1.807) is 0 Å². The molecule has 0 radical (unpaired) electrons. The van der Waals surface area contributed by atoms with Gasteiger partial charge in [0.25, 0.3) is 0 Å². The Labute approximate surface area is 191 Å². The SMILES string of the molecule is CC1CCCC2(C)CCC3(C)C(=CCC4C5(C)CC(O)C(O)C(C)(C)C5CCC43C)C12. The van der Waals surface area contributed by atoms with Crippen LogP contribution in [0.5, 0.6) is 0 Å². The molecule has 0 aromatic heterocycles. The zero-order chi connectivity index (χ0) is 22.6. The minimum Gasteiger partial charge on any atom is -0.390 e. The van der Waals surface area contributed by atoms with Crippen molar-refractivity contribution in [3.05, 3.63) is 11.6 Å². The molecule has 0 amide bonds. The van der Waals surface area contributed by atoms with E-state index in [9.17, 15) is 10.2 Å². The molecule has 5 aliphatic rings. The highest BCUT2D eigenvalue weighted by molar-refractivity contribution is 5.33. The number of aliphatic hydroxyl groups excluding tert-OH is 2. The highest BCUT2D eigenvalue weighted by Gasteiger charge is 2.68. The predicted octanol–water partition coefficient (Wildman–Crippen LogP) is 6.75. The molecule has 176 valence electrons. The molecular formula is C29H48O2. The molecule has 4 saturated carbocycles. The molecule has 0 heterocycles. The van der Waals surface area contributed by atoms with Crippen LogP contribution in [0.15, 0.2) is 11.6 Å². The fourth-order valence-corrected chi connectivity index (χ4v) is 10.9. The van der Waals surface area contributed by atoms with Crippen LogP contribution in [-0.4, -0.2) is 22.4 Å². The number of rotatable bonds is 0. The Morgan fingerprint density at radius 3 is 2.29 bits per heavy atom. The van der Waals surface area contributed by atoms with Crippen LogP contribution in [0.4, 0.5) is 0 Å². The Kier molecular flexibility index (Phi) is 4.80. The molecule has 5 rings (SSSR count). The molecule has 0 bridgehead atoms. The first-order valence-corrected chi connectivity index (χ1v) is 13.4. The average molecular weight is 429 g/mol. The second kappa shape index (κ2) is 6.62. The van der Waals surface area contributed by atoms with Crippen molar-refractivity contribution in [2.45, 2.75) is 118 Å². The minimum atomic E-state index is -0.598. The summed E-state index contributed by atoms with van der Waals surface area (Å²) in [6.45, 7) is 17.3. The van der Waals surface area contributed by atoms with E-state index >= 15 is 0 Å². The Bertz CT molecular complexity index is 784. The van der Waals surface area contributed by atoms with Gasteiger partial charge in [-0.05, 0) is 95.7 Å². The maximum atomic E-state index is 10.9. The maximum Gasteiger partial charge on any atom is 0.0852 e. The summed E-state index contributed by atoms with van der Waals surface area (Å²) in [5.41, 5.74) is 2.77. The van der Waals surface area contributed by atoms with Gasteiger partial charge in [-0.2, -0.15) is 0 Å². The van der Waals surface area contributed by atoms with Crippen molar-refractivity contribution in [2.24, 2.45) is 50.7 Å². The summed E-state index contributed by atoms with van der Waals surface area (Å²) in [7, 11) is 0. The fourth-order valence-electron chi connectivity index (χ4n) is 10.9. The molecule has 2 N–H and O–H groups in total. The molecule has 31 heavy (non-hydrogen) atoms. The average Bonchev–Trinajstić information content (AvgIpc) is 2.67. The van der Waals surface area contributed by atoms with E-state index in [-0.39, 0.29) is 16.2 Å². The van der Waals surface area contributed by atoms with Gasteiger partial charge in [-0.3, -0.25) is 0 Å². The van der Waals surface area contributed by atoms with Crippen molar-refractivity contribution in [2.75, 3.05) is 0 Å². The van der Waals surface area contributed by atoms with Gasteiger partial charge in [-0.25, -0.2) is 0 Å². The summed E-state index contributed by atoms with van der Waals surface area (Å²) in [4.78, 5) is 0. The van der Waals surface area contributed by atoms with Crippen molar-refractivity contribution in [1.29, 1.82) is 0 Å². The van der Waals surface area contributed by atoms with Crippen molar-refractivity contribution in [1.82, 2.24) is 0 Å². The quantitative estimate of drug-likeness (QED) is 0.419. The maximum absolute atomic E-state index is 10.9. The van der Waals surface area contributed by atoms with Crippen LogP contribution >= 0.6 is 0 Å². The number of hydrogen-bond acceptors (Lipinski definition) is 2. The molecular weight excluding hydrogens is 380 g/mol. The van der Waals surface area contributed by atoms with Gasteiger partial charge in [0.15, 0.2) is 0 Å². The molecule has 5 aliphatic carbocycles. The summed E-state index contributed by atoms with van der Waals surface area (Å²) in [5, 5.41) is 21.8. The van der Waals surface area contributed by atoms with Crippen molar-refractivity contribution in [3.8, 4) is 0 Å². The van der Waals surface area contributed by atoms with Gasteiger partial charge >= 0.3 is 0 Å². The summed E-state index contributed by atoms with van der Waals surface area (Å²) in [5.74, 6) is 2.65. The number of aliphatic hydroxyl groups is 2. The molecule has 0 saturated heterocycles. The highest BCUT2D eigenvalue weighted by atomic mass is 16.3. The van der Waals surface area contributed by atoms with Gasteiger partial charge in [-0.15, -0.1) is 0 Å². The van der Waals surface area contributed by atoms with Crippen LogP contribution in [0, 0.1) is 50.7 Å². The van der Waals surface area contributed by atoms with Gasteiger partial charge in [0.05, 0.1) is 12.2 Å². The van der Waals surface area contributed by atoms with Gasteiger partial charge in [-0.1, -0.05) is 73.0 Å². The second-order valence-corrected chi connectivity index (χ2v) is 14.3. The number of hydrogen-bond donors (Lipinski definition) is 2. The summed E-state index contributed by atoms with van der Waals surface area (Å²) < 4.78 is 0. The van der Waals surface area contributed by atoms with Crippen LogP contribution in [-0.2, 0) is 0 Å². The molecule has 4 fully saturated rings. The van der Waals surface area contributed by atoms with Crippen LogP contribution in [0.25, 0.3) is 0 Å². The van der Waals surface area contributed by atoms with Crippen LogP contribution in [0.1, 0.15) is 106 Å². The first-order chi connectivity index (χ1) is 14.3. The molecule has 2 nitrogen and oxygen atoms in total. The fraction of sp³-hybridized carbons (Fsp3) is 0.931. The molecule has 10 unspecified atom stereocenters. The van der Waals surface area contributed by atoms with E-state index in [1.807, 2.05) is 5.57 Å². The summed E-state index contributed by atoms with van der Waals surface area (Å²) in [6.07, 6.45) is 12.9. The first kappa shape index (κ1) is 22.5.